The van der Waals surface area contributed by atoms with E-state index >= 15 is 0 Å². The molecule has 1 N–H and O–H groups in total. The first-order chi connectivity index (χ1) is 12.0. The quantitative estimate of drug-likeness (QED) is 0.901. The molecule has 2 heterocycles. The zero-order valence-electron chi connectivity index (χ0n) is 14.3. The highest BCUT2D eigenvalue weighted by Gasteiger charge is 2.33. The van der Waals surface area contributed by atoms with Crippen LogP contribution in [0.1, 0.15) is 33.8 Å². The predicted octanol–water partition coefficient (Wildman–Crippen LogP) is 3.81. The van der Waals surface area contributed by atoms with Gasteiger partial charge in [0.1, 0.15) is 11.8 Å². The van der Waals surface area contributed by atoms with Gasteiger partial charge >= 0.3 is 5.97 Å². The van der Waals surface area contributed by atoms with Crippen LogP contribution in [0.15, 0.2) is 30.3 Å². The molecule has 0 saturated carbocycles. The number of hydrogen-bond acceptors (Lipinski definition) is 4. The second kappa shape index (κ2) is 7.27. The molecular formula is C19H21NO4S. The maximum Gasteiger partial charge on any atom is 0.326 e. The van der Waals surface area contributed by atoms with Crippen LogP contribution in [-0.4, -0.2) is 41.6 Å². The van der Waals surface area contributed by atoms with Crippen LogP contribution in [0.5, 0.6) is 5.75 Å². The van der Waals surface area contributed by atoms with Crippen LogP contribution in [-0.2, 0) is 4.79 Å². The molecule has 0 radical (unpaired) electrons. The molecular weight excluding hydrogens is 338 g/mol. The third-order valence-corrected chi connectivity index (χ3v) is 5.62. The number of hydrogen-bond donors (Lipinski definition) is 1. The van der Waals surface area contributed by atoms with E-state index in [9.17, 15) is 14.7 Å². The number of thiophene rings is 1. The number of nitrogens with zero attached hydrogens (tertiary/aromatic N) is 1. The summed E-state index contributed by atoms with van der Waals surface area (Å²) in [6.07, 6.45) is 2.23. The molecule has 0 aliphatic carbocycles. The third kappa shape index (κ3) is 3.54. The zero-order chi connectivity index (χ0) is 18.0. The molecule has 132 valence electrons. The number of aliphatic carboxylic acids is 1. The average molecular weight is 359 g/mol. The molecule has 1 atom stereocenters. The minimum atomic E-state index is -0.920. The number of methoxy groups -OCH3 is 1. The first-order valence-corrected chi connectivity index (χ1v) is 9.11. The molecule has 3 rings (SSSR count). The van der Waals surface area contributed by atoms with Crippen LogP contribution in [0.3, 0.4) is 0 Å². The van der Waals surface area contributed by atoms with Crippen molar-refractivity contribution in [1.82, 2.24) is 4.90 Å². The molecule has 0 unspecified atom stereocenters. The number of carboxylic acids is 1. The normalized spacial score (nSPS) is 17.4. The van der Waals surface area contributed by atoms with E-state index in [1.54, 1.807) is 7.11 Å². The Hall–Kier alpha value is -2.34. The Bertz CT molecular complexity index is 781. The van der Waals surface area contributed by atoms with E-state index in [-0.39, 0.29) is 5.91 Å². The van der Waals surface area contributed by atoms with Crippen LogP contribution in [0.25, 0.3) is 11.1 Å². The Morgan fingerprint density at radius 2 is 1.96 bits per heavy atom. The standard InChI is InChI=1S/C19H21NO4S/c1-12-15(13-6-8-14(24-2)9-7-13)11-17(25-12)18(21)20-10-4-3-5-16(20)19(22)23/h6-9,11,16H,3-5,10H2,1-2H3,(H,22,23)/t16-/m1/s1. The lowest BCUT2D eigenvalue weighted by atomic mass is 10.0. The number of carbonyl (C=O) groups excluding carboxylic acids is 1. The van der Waals surface area contributed by atoms with Crippen LogP contribution in [0.4, 0.5) is 0 Å². The molecule has 1 aromatic carbocycles. The Morgan fingerprint density at radius 1 is 1.24 bits per heavy atom. The molecule has 1 amide bonds. The van der Waals surface area contributed by atoms with Crippen LogP contribution >= 0.6 is 11.3 Å². The van der Waals surface area contributed by atoms with E-state index in [0.717, 1.165) is 34.6 Å². The van der Waals surface area contributed by atoms with Gasteiger partial charge in [0.05, 0.1) is 12.0 Å². The van der Waals surface area contributed by atoms with Crippen LogP contribution in [0.2, 0.25) is 0 Å². The average Bonchev–Trinajstić information content (AvgIpc) is 3.03. The highest BCUT2D eigenvalue weighted by atomic mass is 32.1. The molecule has 0 bridgehead atoms. The molecule has 5 nitrogen and oxygen atoms in total. The number of carboxylic acid groups (broad SMARTS) is 1. The van der Waals surface area contributed by atoms with Crippen molar-refractivity contribution in [2.75, 3.05) is 13.7 Å². The molecule has 2 aromatic rings. The van der Waals surface area contributed by atoms with Gasteiger partial charge < -0.3 is 14.7 Å². The van der Waals surface area contributed by atoms with Crippen molar-refractivity contribution in [2.45, 2.75) is 32.2 Å². The summed E-state index contributed by atoms with van der Waals surface area (Å²) in [5.74, 6) is -0.317. The molecule has 6 heteroatoms. The van der Waals surface area contributed by atoms with Gasteiger partial charge in [-0.1, -0.05) is 12.1 Å². The fourth-order valence-electron chi connectivity index (χ4n) is 3.22. The van der Waals surface area contributed by atoms with Gasteiger partial charge in [0.15, 0.2) is 0 Å². The van der Waals surface area contributed by atoms with Crippen molar-refractivity contribution in [3.05, 3.63) is 40.1 Å². The molecule has 1 aliphatic heterocycles. The van der Waals surface area contributed by atoms with Crippen molar-refractivity contribution < 1.29 is 19.4 Å². The minimum Gasteiger partial charge on any atom is -0.497 e. The lowest BCUT2D eigenvalue weighted by molar-refractivity contribution is -0.143. The molecule has 1 saturated heterocycles. The molecule has 25 heavy (non-hydrogen) atoms. The maximum atomic E-state index is 12.9. The third-order valence-electron chi connectivity index (χ3n) is 4.58. The van der Waals surface area contributed by atoms with Gasteiger partial charge in [0.25, 0.3) is 5.91 Å². The summed E-state index contributed by atoms with van der Waals surface area (Å²) < 4.78 is 5.18. The number of benzene rings is 1. The van der Waals surface area contributed by atoms with E-state index in [0.29, 0.717) is 17.8 Å². The largest absolute Gasteiger partial charge is 0.497 e. The minimum absolute atomic E-state index is 0.181. The van der Waals surface area contributed by atoms with Crippen molar-refractivity contribution in [3.8, 4) is 16.9 Å². The summed E-state index contributed by atoms with van der Waals surface area (Å²) in [7, 11) is 1.62. The summed E-state index contributed by atoms with van der Waals surface area (Å²) in [4.78, 5) is 27.5. The van der Waals surface area contributed by atoms with E-state index in [1.807, 2.05) is 37.3 Å². The van der Waals surface area contributed by atoms with Crippen LogP contribution in [0, 0.1) is 6.92 Å². The number of aryl methyl sites for hydroxylation is 1. The lowest BCUT2D eigenvalue weighted by Crippen LogP contribution is -2.47. The van der Waals surface area contributed by atoms with E-state index in [2.05, 4.69) is 0 Å². The summed E-state index contributed by atoms with van der Waals surface area (Å²) in [6, 6.07) is 8.86. The molecule has 1 aromatic heterocycles. The summed E-state index contributed by atoms with van der Waals surface area (Å²) in [5.41, 5.74) is 2.02. The number of ether oxygens (including phenoxy) is 1. The monoisotopic (exact) mass is 359 g/mol. The number of likely N-dealkylation sites (tertiary alicyclic amines) is 1. The molecule has 1 fully saturated rings. The predicted molar refractivity (Wildman–Crippen MR) is 97.4 cm³/mol. The lowest BCUT2D eigenvalue weighted by Gasteiger charge is -2.32. The van der Waals surface area contributed by atoms with Crippen molar-refractivity contribution in [1.29, 1.82) is 0 Å². The number of carbonyl (C=O) groups is 2. The van der Waals surface area contributed by atoms with Crippen molar-refractivity contribution in [3.63, 3.8) is 0 Å². The second-order valence-corrected chi connectivity index (χ2v) is 7.41. The fraction of sp³-hybridized carbons (Fsp3) is 0.368. The Balaban J connectivity index is 1.88. The van der Waals surface area contributed by atoms with Crippen molar-refractivity contribution in [2.24, 2.45) is 0 Å². The van der Waals surface area contributed by atoms with Gasteiger partial charge in [-0.3, -0.25) is 4.79 Å². The number of piperidine rings is 1. The van der Waals surface area contributed by atoms with E-state index in [4.69, 9.17) is 4.74 Å². The summed E-state index contributed by atoms with van der Waals surface area (Å²) >= 11 is 1.42. The number of amides is 1. The second-order valence-electron chi connectivity index (χ2n) is 6.16. The first-order valence-electron chi connectivity index (χ1n) is 8.30. The smallest absolute Gasteiger partial charge is 0.326 e. The summed E-state index contributed by atoms with van der Waals surface area (Å²) in [6.45, 7) is 2.48. The van der Waals surface area contributed by atoms with Crippen molar-refractivity contribution >= 4 is 23.2 Å². The Morgan fingerprint density at radius 3 is 2.60 bits per heavy atom. The fourth-order valence-corrected chi connectivity index (χ4v) is 4.22. The SMILES string of the molecule is COc1ccc(-c2cc(C(=O)N3CCCC[C@@H]3C(=O)O)sc2C)cc1. The van der Waals surface area contributed by atoms with Gasteiger partial charge in [-0.15, -0.1) is 11.3 Å². The Kier molecular flexibility index (Phi) is 5.08. The van der Waals surface area contributed by atoms with Crippen LogP contribution < -0.4 is 4.74 Å². The van der Waals surface area contributed by atoms with Gasteiger partial charge in [0.2, 0.25) is 0 Å². The maximum absolute atomic E-state index is 12.9. The van der Waals surface area contributed by atoms with Gasteiger partial charge in [-0.2, -0.15) is 0 Å². The highest BCUT2D eigenvalue weighted by Crippen LogP contribution is 2.33. The summed E-state index contributed by atoms with van der Waals surface area (Å²) in [5, 5.41) is 9.39. The topological polar surface area (TPSA) is 66.8 Å². The van der Waals surface area contributed by atoms with E-state index in [1.165, 1.54) is 16.2 Å². The van der Waals surface area contributed by atoms with Gasteiger partial charge in [-0.25, -0.2) is 4.79 Å². The first kappa shape index (κ1) is 17.5. The van der Waals surface area contributed by atoms with Gasteiger partial charge in [0, 0.05) is 11.4 Å². The Labute approximate surface area is 150 Å². The molecule has 1 aliphatic rings. The highest BCUT2D eigenvalue weighted by molar-refractivity contribution is 7.14. The number of rotatable bonds is 4. The van der Waals surface area contributed by atoms with Gasteiger partial charge in [-0.05, 0) is 55.5 Å². The van der Waals surface area contributed by atoms with E-state index < -0.39 is 12.0 Å². The molecule has 0 spiro atoms. The zero-order valence-corrected chi connectivity index (χ0v) is 15.1.